The third-order valence-corrected chi connectivity index (χ3v) is 8.86. The van der Waals surface area contributed by atoms with Crippen LogP contribution < -0.4 is 5.32 Å². The van der Waals surface area contributed by atoms with E-state index in [1.54, 1.807) is 11.8 Å². The fourth-order valence-electron chi connectivity index (χ4n) is 5.87. The fraction of sp³-hybridized carbons (Fsp3) is 0.429. The molecular formula is C35H44N2O3S. The quantitative estimate of drug-likeness (QED) is 0.209. The molecule has 3 aromatic rings. The highest BCUT2D eigenvalue weighted by molar-refractivity contribution is 7.98. The van der Waals surface area contributed by atoms with E-state index in [9.17, 15) is 14.7 Å². The number of benzene rings is 3. The van der Waals surface area contributed by atoms with E-state index >= 15 is 0 Å². The van der Waals surface area contributed by atoms with Crippen LogP contribution in [0.3, 0.4) is 0 Å². The Kier molecular flexibility index (Phi) is 11.9. The number of rotatable bonds is 14. The maximum Gasteiger partial charge on any atom is 0.326 e. The highest BCUT2D eigenvalue weighted by Crippen LogP contribution is 2.30. The second-order valence-electron chi connectivity index (χ2n) is 11.3. The number of hydrogen-bond acceptors (Lipinski definition) is 4. The van der Waals surface area contributed by atoms with Gasteiger partial charge in [-0.2, -0.15) is 11.8 Å². The van der Waals surface area contributed by atoms with Crippen molar-refractivity contribution < 1.29 is 14.7 Å². The molecular weight excluding hydrogens is 528 g/mol. The topological polar surface area (TPSA) is 69.6 Å². The molecule has 4 rings (SSSR count). The monoisotopic (exact) mass is 572 g/mol. The Labute approximate surface area is 249 Å². The summed E-state index contributed by atoms with van der Waals surface area (Å²) in [6.07, 6.45) is 10.3. The van der Waals surface area contributed by atoms with Gasteiger partial charge in [-0.3, -0.25) is 9.69 Å². The van der Waals surface area contributed by atoms with E-state index in [-0.39, 0.29) is 5.91 Å². The first-order chi connectivity index (χ1) is 19.9. The number of carbonyl (C=O) groups excluding carboxylic acids is 1. The number of nitrogens with zero attached hydrogens (tertiary/aromatic N) is 1. The summed E-state index contributed by atoms with van der Waals surface area (Å²) in [5, 5.41) is 12.5. The van der Waals surface area contributed by atoms with Crippen molar-refractivity contribution in [3.8, 4) is 11.1 Å². The normalized spacial score (nSPS) is 14.6. The zero-order valence-electron chi connectivity index (χ0n) is 24.5. The number of nitrogens with one attached hydrogen (secondary N) is 1. The molecule has 1 atom stereocenters. The molecule has 0 spiro atoms. The predicted octanol–water partition coefficient (Wildman–Crippen LogP) is 7.57. The van der Waals surface area contributed by atoms with Crippen LogP contribution in [-0.4, -0.2) is 46.5 Å². The molecule has 5 nitrogen and oxygen atoms in total. The maximum atomic E-state index is 13.5. The molecule has 1 amide bonds. The summed E-state index contributed by atoms with van der Waals surface area (Å²) < 4.78 is 0. The van der Waals surface area contributed by atoms with Crippen LogP contribution in [0.5, 0.6) is 0 Å². The van der Waals surface area contributed by atoms with E-state index in [0.717, 1.165) is 47.8 Å². The number of thioether (sulfide) groups is 1. The highest BCUT2D eigenvalue weighted by Gasteiger charge is 2.23. The molecule has 1 aliphatic carbocycles. The summed E-state index contributed by atoms with van der Waals surface area (Å²) in [6, 6.07) is 23.8. The zero-order valence-corrected chi connectivity index (χ0v) is 25.3. The van der Waals surface area contributed by atoms with Crippen LogP contribution in [0.25, 0.3) is 11.1 Å². The molecule has 0 radical (unpaired) electrons. The van der Waals surface area contributed by atoms with Gasteiger partial charge in [0.25, 0.3) is 5.91 Å². The maximum absolute atomic E-state index is 13.5. The number of hydrogen-bond donors (Lipinski definition) is 2. The average Bonchev–Trinajstić information content (AvgIpc) is 2.99. The number of amides is 1. The summed E-state index contributed by atoms with van der Waals surface area (Å²) in [7, 11) is 0. The van der Waals surface area contributed by atoms with Gasteiger partial charge >= 0.3 is 5.97 Å². The summed E-state index contributed by atoms with van der Waals surface area (Å²) >= 11 is 1.57. The lowest BCUT2D eigenvalue weighted by atomic mass is 9.87. The van der Waals surface area contributed by atoms with Gasteiger partial charge in [-0.1, -0.05) is 92.8 Å². The van der Waals surface area contributed by atoms with E-state index in [2.05, 4.69) is 46.6 Å². The van der Waals surface area contributed by atoms with Crippen molar-refractivity contribution in [3.63, 3.8) is 0 Å². The first-order valence-corrected chi connectivity index (χ1v) is 16.3. The predicted molar refractivity (Wildman–Crippen MR) is 170 cm³/mol. The molecule has 1 aliphatic rings. The van der Waals surface area contributed by atoms with E-state index in [1.807, 2.05) is 49.6 Å². The zero-order chi connectivity index (χ0) is 29.0. The average molecular weight is 573 g/mol. The molecule has 1 fully saturated rings. The van der Waals surface area contributed by atoms with E-state index in [0.29, 0.717) is 17.7 Å². The molecule has 1 unspecified atom stereocenters. The molecule has 1 saturated carbocycles. The van der Waals surface area contributed by atoms with Gasteiger partial charge in [-0.25, -0.2) is 4.79 Å². The lowest BCUT2D eigenvalue weighted by molar-refractivity contribution is -0.139. The molecule has 0 bridgehead atoms. The molecule has 6 heteroatoms. The van der Waals surface area contributed by atoms with Crippen LogP contribution in [0.2, 0.25) is 0 Å². The van der Waals surface area contributed by atoms with Gasteiger partial charge in [-0.05, 0) is 84.2 Å². The first kappa shape index (κ1) is 30.9. The summed E-state index contributed by atoms with van der Waals surface area (Å²) in [5.74, 6) is 0.125. The Balaban J connectivity index is 1.61. The van der Waals surface area contributed by atoms with Crippen LogP contribution in [0.1, 0.15) is 72.0 Å². The Morgan fingerprint density at radius 2 is 1.63 bits per heavy atom. The van der Waals surface area contributed by atoms with Gasteiger partial charge in [0, 0.05) is 18.7 Å². The fourth-order valence-corrected chi connectivity index (χ4v) is 6.34. The van der Waals surface area contributed by atoms with Crippen molar-refractivity contribution in [2.75, 3.05) is 18.6 Å². The molecule has 0 saturated heterocycles. The van der Waals surface area contributed by atoms with Crippen LogP contribution in [0, 0.1) is 12.8 Å². The minimum absolute atomic E-state index is 0.346. The van der Waals surface area contributed by atoms with Gasteiger partial charge < -0.3 is 10.4 Å². The van der Waals surface area contributed by atoms with Crippen molar-refractivity contribution in [2.45, 2.75) is 71.0 Å². The van der Waals surface area contributed by atoms with Crippen molar-refractivity contribution in [2.24, 2.45) is 5.92 Å². The summed E-state index contributed by atoms with van der Waals surface area (Å²) in [4.78, 5) is 27.9. The number of carboxylic acids is 1. The van der Waals surface area contributed by atoms with Gasteiger partial charge in [0.1, 0.15) is 6.04 Å². The van der Waals surface area contributed by atoms with Crippen LogP contribution in [0.15, 0.2) is 72.8 Å². The third-order valence-electron chi connectivity index (χ3n) is 8.21. The Hall–Kier alpha value is -3.09. The Morgan fingerprint density at radius 1 is 0.927 bits per heavy atom. The van der Waals surface area contributed by atoms with Crippen molar-refractivity contribution in [1.29, 1.82) is 0 Å². The van der Waals surface area contributed by atoms with E-state index in [1.165, 1.54) is 44.1 Å². The highest BCUT2D eigenvalue weighted by atomic mass is 32.2. The van der Waals surface area contributed by atoms with Gasteiger partial charge in [0.2, 0.25) is 0 Å². The number of carboxylic acid groups (broad SMARTS) is 1. The molecule has 41 heavy (non-hydrogen) atoms. The summed E-state index contributed by atoms with van der Waals surface area (Å²) in [5.41, 5.74) is 5.88. The summed E-state index contributed by atoms with van der Waals surface area (Å²) in [6.45, 7) is 4.75. The Bertz CT molecular complexity index is 1270. The molecule has 2 N–H and O–H groups in total. The molecule has 3 aromatic carbocycles. The van der Waals surface area contributed by atoms with Gasteiger partial charge in [0.05, 0.1) is 0 Å². The lowest BCUT2D eigenvalue weighted by Gasteiger charge is -2.27. The van der Waals surface area contributed by atoms with Crippen molar-refractivity contribution in [1.82, 2.24) is 10.2 Å². The SMILES string of the molecule is CSCCC(NC(=O)c1ccc(CN(CCC2CCCCC2)Cc2ccccc2)cc1-c1ccccc1C)C(=O)O. The van der Waals surface area contributed by atoms with Crippen LogP contribution >= 0.6 is 11.8 Å². The standard InChI is InChI=1S/C35H44N2O3S/c1-26-11-9-10-16-30(26)32-23-29(17-18-31(32)34(38)36-33(35(39)40)20-22-41-2)25-37(24-28-14-7-4-8-15-28)21-19-27-12-5-3-6-13-27/h4,7-11,14-18,23,27,33H,3,5-6,12-13,19-22,24-25H2,1-2H3,(H,36,38)(H,39,40). The molecule has 0 heterocycles. The lowest BCUT2D eigenvalue weighted by Crippen LogP contribution is -2.41. The first-order valence-electron chi connectivity index (χ1n) is 14.9. The minimum Gasteiger partial charge on any atom is -0.480 e. The minimum atomic E-state index is -1.00. The Morgan fingerprint density at radius 3 is 2.34 bits per heavy atom. The molecule has 218 valence electrons. The van der Waals surface area contributed by atoms with E-state index in [4.69, 9.17) is 0 Å². The largest absolute Gasteiger partial charge is 0.480 e. The third kappa shape index (κ3) is 9.20. The van der Waals surface area contributed by atoms with E-state index < -0.39 is 12.0 Å². The number of carbonyl (C=O) groups is 2. The van der Waals surface area contributed by atoms with Gasteiger partial charge in [-0.15, -0.1) is 0 Å². The molecule has 0 aromatic heterocycles. The second-order valence-corrected chi connectivity index (χ2v) is 12.3. The van der Waals surface area contributed by atoms with Crippen LogP contribution in [-0.2, 0) is 17.9 Å². The second kappa shape index (κ2) is 15.8. The van der Waals surface area contributed by atoms with Crippen LogP contribution in [0.4, 0.5) is 0 Å². The number of aliphatic carboxylic acids is 1. The molecule has 0 aliphatic heterocycles. The smallest absolute Gasteiger partial charge is 0.326 e. The van der Waals surface area contributed by atoms with Crippen molar-refractivity contribution >= 4 is 23.6 Å². The number of aryl methyl sites for hydroxylation is 1. The van der Waals surface area contributed by atoms with Crippen molar-refractivity contribution in [3.05, 3.63) is 95.1 Å². The van der Waals surface area contributed by atoms with Gasteiger partial charge in [0.15, 0.2) is 0 Å².